The second-order valence-corrected chi connectivity index (χ2v) is 35.2. The van der Waals surface area contributed by atoms with Gasteiger partial charge in [0.15, 0.2) is 0 Å². The van der Waals surface area contributed by atoms with Gasteiger partial charge >= 0.3 is 0 Å². The van der Waals surface area contributed by atoms with Crippen LogP contribution in [0.3, 0.4) is 0 Å². The largest absolute Gasteiger partial charge is 0.0711 e. The molecule has 2 heteroatoms. The fourth-order valence-electron chi connectivity index (χ4n) is 9.63. The van der Waals surface area contributed by atoms with Gasteiger partial charge in [-0.25, -0.2) is 0 Å². The summed E-state index contributed by atoms with van der Waals surface area (Å²) in [4.78, 5) is 0. The molecule has 0 heterocycles. The van der Waals surface area contributed by atoms with E-state index in [2.05, 4.69) is 107 Å². The fourth-order valence-corrected chi connectivity index (χ4v) is 23.7. The zero-order chi connectivity index (χ0) is 29.2. The molecule has 39 heavy (non-hydrogen) atoms. The fraction of sp³-hybridized carbons (Fsp3) is 0.838. The van der Waals surface area contributed by atoms with Crippen LogP contribution in [0.5, 0.6) is 0 Å². The van der Waals surface area contributed by atoms with Crippen molar-refractivity contribution < 1.29 is 0 Å². The highest BCUT2D eigenvalue weighted by atomic mass is 29.3. The summed E-state index contributed by atoms with van der Waals surface area (Å²) in [5.74, 6) is 3.71. The summed E-state index contributed by atoms with van der Waals surface area (Å²) in [6.45, 7) is 33.4. The first kappa shape index (κ1) is 31.6. The van der Waals surface area contributed by atoms with Crippen molar-refractivity contribution in [2.45, 2.75) is 174 Å². The molecule has 0 aliphatic heterocycles. The molecule has 0 nitrogen and oxygen atoms in total. The van der Waals surface area contributed by atoms with Crippen LogP contribution in [0, 0.1) is 23.2 Å². The molecule has 6 unspecified atom stereocenters. The first-order valence-electron chi connectivity index (χ1n) is 16.9. The van der Waals surface area contributed by atoms with Crippen molar-refractivity contribution in [1.82, 2.24) is 0 Å². The van der Waals surface area contributed by atoms with Gasteiger partial charge < -0.3 is 0 Å². The molecule has 1 aromatic rings. The van der Waals surface area contributed by atoms with Gasteiger partial charge in [0.25, 0.3) is 0 Å². The summed E-state index contributed by atoms with van der Waals surface area (Å²) in [5.41, 5.74) is 7.86. The summed E-state index contributed by atoms with van der Waals surface area (Å²) < 4.78 is 0. The zero-order valence-corrected chi connectivity index (χ0v) is 30.6. The van der Waals surface area contributed by atoms with E-state index >= 15 is 0 Å². The topological polar surface area (TPSA) is 0 Å². The minimum absolute atomic E-state index is 0.207. The highest BCUT2D eigenvalue weighted by Gasteiger charge is 2.57. The van der Waals surface area contributed by atoms with Crippen LogP contribution in [0.4, 0.5) is 0 Å². The van der Waals surface area contributed by atoms with Crippen molar-refractivity contribution in [3.8, 4) is 0 Å². The molecule has 3 saturated carbocycles. The Morgan fingerprint density at radius 1 is 0.641 bits per heavy atom. The average molecular weight is 567 g/mol. The number of rotatable bonds is 5. The standard InChI is InChI=1S/C37H66Si2/c1-35(2,3)25-26-17-18-30(21-26)38(10,11)39(12,13)34-20-19-32-31(15-14-16-33(32)34)27-22-28(36(4,5)6)24-29(23-27)37(7,8)9/h22-24,26,30-34H,14-21,25H2,1-13H3. The molecule has 3 aliphatic rings. The van der Waals surface area contributed by atoms with E-state index in [0.29, 0.717) is 5.41 Å². The molecule has 0 bridgehead atoms. The molecule has 0 N–H and O–H groups in total. The molecule has 0 spiro atoms. The van der Waals surface area contributed by atoms with E-state index in [4.69, 9.17) is 0 Å². The predicted molar refractivity (Wildman–Crippen MR) is 181 cm³/mol. The predicted octanol–water partition coefficient (Wildman–Crippen LogP) is 12.0. The lowest BCUT2D eigenvalue weighted by atomic mass is 9.69. The minimum atomic E-state index is -1.33. The Morgan fingerprint density at radius 2 is 1.23 bits per heavy atom. The van der Waals surface area contributed by atoms with Crippen LogP contribution >= 0.6 is 0 Å². The molecular weight excluding hydrogens is 501 g/mol. The van der Waals surface area contributed by atoms with E-state index in [1.165, 1.54) is 38.5 Å². The van der Waals surface area contributed by atoms with Crippen LogP contribution in [0.2, 0.25) is 37.3 Å². The smallest absolute Gasteiger partial charge is 0.0448 e. The van der Waals surface area contributed by atoms with Gasteiger partial charge in [0.2, 0.25) is 0 Å². The SMILES string of the molecule is CC(C)(C)CC1CCC([Si](C)(C)[Si](C)(C)C2CCC3C(c4cc(C(C)(C)C)cc(C(C)(C)C)c4)CCCC32)C1. The third-order valence-electron chi connectivity index (χ3n) is 12.6. The Labute approximate surface area is 246 Å². The van der Waals surface area contributed by atoms with Gasteiger partial charge in [-0.1, -0.05) is 145 Å². The third kappa shape index (κ3) is 6.52. The van der Waals surface area contributed by atoms with Crippen molar-refractivity contribution in [2.75, 3.05) is 0 Å². The number of hydrogen-bond donors (Lipinski definition) is 0. The summed E-state index contributed by atoms with van der Waals surface area (Å²) in [5, 5.41) is 0. The van der Waals surface area contributed by atoms with Crippen molar-refractivity contribution >= 4 is 15.2 Å². The normalized spacial score (nSPS) is 31.0. The summed E-state index contributed by atoms with van der Waals surface area (Å²) in [6, 6.07) is 7.81. The van der Waals surface area contributed by atoms with E-state index in [9.17, 15) is 0 Å². The molecule has 222 valence electrons. The number of benzene rings is 1. The molecule has 0 saturated heterocycles. The van der Waals surface area contributed by atoms with Crippen molar-refractivity contribution in [3.05, 3.63) is 34.9 Å². The molecule has 6 atom stereocenters. The Kier molecular flexibility index (Phi) is 8.69. The minimum Gasteiger partial charge on any atom is -0.0711 e. The molecule has 4 rings (SSSR count). The van der Waals surface area contributed by atoms with Gasteiger partial charge in [0, 0.05) is 15.2 Å². The monoisotopic (exact) mass is 566 g/mol. The lowest BCUT2D eigenvalue weighted by Gasteiger charge is -2.50. The van der Waals surface area contributed by atoms with Crippen molar-refractivity contribution in [3.63, 3.8) is 0 Å². The quantitative estimate of drug-likeness (QED) is 0.311. The second kappa shape index (κ2) is 10.7. The first-order chi connectivity index (χ1) is 17.7. The van der Waals surface area contributed by atoms with Gasteiger partial charge in [-0.05, 0) is 87.0 Å². The molecule has 3 aliphatic carbocycles. The Balaban J connectivity index is 1.58. The van der Waals surface area contributed by atoms with Gasteiger partial charge in [-0.3, -0.25) is 0 Å². The van der Waals surface area contributed by atoms with E-state index in [1.54, 1.807) is 36.0 Å². The second-order valence-electron chi connectivity index (χ2n) is 19.0. The van der Waals surface area contributed by atoms with Crippen molar-refractivity contribution in [1.29, 1.82) is 0 Å². The van der Waals surface area contributed by atoms with E-state index in [-0.39, 0.29) is 10.8 Å². The molecule has 0 amide bonds. The maximum Gasteiger partial charge on any atom is 0.0448 e. The lowest BCUT2D eigenvalue weighted by molar-refractivity contribution is 0.236. The molecule has 3 fully saturated rings. The lowest BCUT2D eigenvalue weighted by Crippen LogP contribution is -2.61. The molecule has 0 radical (unpaired) electrons. The number of fused-ring (bicyclic) bond motifs is 1. The highest BCUT2D eigenvalue weighted by molar-refractivity contribution is 7.41. The van der Waals surface area contributed by atoms with Crippen LogP contribution in [0.25, 0.3) is 0 Å². The van der Waals surface area contributed by atoms with Crippen molar-refractivity contribution in [2.24, 2.45) is 23.2 Å². The van der Waals surface area contributed by atoms with Crippen LogP contribution < -0.4 is 0 Å². The summed E-state index contributed by atoms with van der Waals surface area (Å²) >= 11 is 0. The van der Waals surface area contributed by atoms with Crippen LogP contribution in [-0.4, -0.2) is 15.2 Å². The van der Waals surface area contributed by atoms with Crippen LogP contribution in [-0.2, 0) is 10.8 Å². The third-order valence-corrected chi connectivity index (χ3v) is 33.4. The Bertz CT molecular complexity index is 963. The van der Waals surface area contributed by atoms with E-state index in [0.717, 1.165) is 34.8 Å². The van der Waals surface area contributed by atoms with Gasteiger partial charge in [0.1, 0.15) is 0 Å². The maximum atomic E-state index is 2.89. The molecular formula is C37H66Si2. The maximum absolute atomic E-state index is 2.89. The van der Waals surface area contributed by atoms with Gasteiger partial charge in [0.05, 0.1) is 0 Å². The van der Waals surface area contributed by atoms with Crippen LogP contribution in [0.1, 0.15) is 143 Å². The number of hydrogen-bond acceptors (Lipinski definition) is 0. The Hall–Kier alpha value is -0.346. The molecule has 1 aromatic carbocycles. The Morgan fingerprint density at radius 3 is 1.77 bits per heavy atom. The van der Waals surface area contributed by atoms with Gasteiger partial charge in [-0.2, -0.15) is 0 Å². The summed E-state index contributed by atoms with van der Waals surface area (Å²) in [7, 11) is -2.62. The van der Waals surface area contributed by atoms with Crippen LogP contribution in [0.15, 0.2) is 18.2 Å². The first-order valence-corrected chi connectivity index (χ1v) is 24.0. The zero-order valence-electron chi connectivity index (χ0n) is 28.6. The van der Waals surface area contributed by atoms with E-state index < -0.39 is 15.2 Å². The summed E-state index contributed by atoms with van der Waals surface area (Å²) in [6.07, 6.45) is 13.5. The van der Waals surface area contributed by atoms with Gasteiger partial charge in [-0.15, -0.1) is 0 Å². The average Bonchev–Trinajstić information content (AvgIpc) is 3.44. The highest BCUT2D eigenvalue weighted by Crippen LogP contribution is 2.61. The molecule has 0 aromatic heterocycles. The van der Waals surface area contributed by atoms with E-state index in [1.807, 2.05) is 0 Å².